The van der Waals surface area contributed by atoms with Crippen LogP contribution in [0.4, 0.5) is 16.3 Å². The number of piperidine rings is 1. The first-order valence-corrected chi connectivity index (χ1v) is 12.0. The molecular formula is C25H32N8O4. The van der Waals surface area contributed by atoms with Gasteiger partial charge in [0.15, 0.2) is 0 Å². The highest BCUT2D eigenvalue weighted by molar-refractivity contribution is 5.97. The summed E-state index contributed by atoms with van der Waals surface area (Å²) in [5.41, 5.74) is 6.92. The molecule has 0 atom stereocenters. The number of hydrogen-bond donors (Lipinski definition) is 4. The molecule has 12 nitrogen and oxygen atoms in total. The molecule has 196 valence electrons. The van der Waals surface area contributed by atoms with E-state index in [-0.39, 0.29) is 24.9 Å². The van der Waals surface area contributed by atoms with Gasteiger partial charge in [-0.2, -0.15) is 0 Å². The molecule has 12 heteroatoms. The molecule has 0 spiro atoms. The van der Waals surface area contributed by atoms with E-state index in [4.69, 9.17) is 10.5 Å². The fraction of sp³-hybridized carbons (Fsp3) is 0.400. The molecule has 3 amide bonds. The summed E-state index contributed by atoms with van der Waals surface area (Å²) in [7, 11) is 3.17. The Labute approximate surface area is 214 Å². The van der Waals surface area contributed by atoms with Gasteiger partial charge in [-0.25, -0.2) is 14.8 Å². The van der Waals surface area contributed by atoms with Gasteiger partial charge in [0.2, 0.25) is 11.8 Å². The van der Waals surface area contributed by atoms with Gasteiger partial charge in [0, 0.05) is 51.7 Å². The van der Waals surface area contributed by atoms with Crippen LogP contribution >= 0.6 is 0 Å². The van der Waals surface area contributed by atoms with Crippen molar-refractivity contribution in [1.29, 1.82) is 0 Å². The highest BCUT2D eigenvalue weighted by Crippen LogP contribution is 2.36. The van der Waals surface area contributed by atoms with E-state index in [0.717, 1.165) is 22.4 Å². The van der Waals surface area contributed by atoms with E-state index >= 15 is 0 Å². The third kappa shape index (κ3) is 5.64. The number of nitrogens with one attached hydrogen (secondary N) is 3. The Balaban J connectivity index is 1.53. The van der Waals surface area contributed by atoms with Crippen molar-refractivity contribution in [2.75, 3.05) is 50.5 Å². The molecule has 0 saturated carbocycles. The predicted octanol–water partition coefficient (Wildman–Crippen LogP) is 1.63. The van der Waals surface area contributed by atoms with Crippen molar-refractivity contribution in [1.82, 2.24) is 25.2 Å². The van der Waals surface area contributed by atoms with Crippen molar-refractivity contribution in [2.45, 2.75) is 19.8 Å². The Morgan fingerprint density at radius 3 is 2.68 bits per heavy atom. The normalized spacial score (nSPS) is 14.8. The van der Waals surface area contributed by atoms with E-state index < -0.39 is 11.5 Å². The third-order valence-electron chi connectivity index (χ3n) is 6.62. The maximum absolute atomic E-state index is 13.6. The molecule has 1 aliphatic rings. The number of hydrogen-bond acceptors (Lipinski definition) is 8. The van der Waals surface area contributed by atoms with Crippen LogP contribution in [0.25, 0.3) is 11.0 Å². The molecule has 4 rings (SSSR count). The van der Waals surface area contributed by atoms with Crippen LogP contribution < -0.4 is 26.0 Å². The van der Waals surface area contributed by atoms with Gasteiger partial charge in [-0.15, -0.1) is 0 Å². The SMILES string of the molecule is Cc1c[nH]c2ncnc(N3CCC(CNC(=O)CN)(C(=O)Nc4cccc(OC(=O)N(C)C)c4)CC3)c12. The van der Waals surface area contributed by atoms with Crippen molar-refractivity contribution >= 4 is 40.4 Å². The number of H-pyrrole nitrogens is 1. The van der Waals surface area contributed by atoms with E-state index in [0.29, 0.717) is 37.4 Å². The van der Waals surface area contributed by atoms with Crippen molar-refractivity contribution in [3.05, 3.63) is 42.4 Å². The Hall–Kier alpha value is -4.19. The third-order valence-corrected chi connectivity index (χ3v) is 6.62. The second-order valence-corrected chi connectivity index (χ2v) is 9.39. The number of nitrogens with two attached hydrogens (primary N) is 1. The van der Waals surface area contributed by atoms with E-state index in [1.54, 1.807) is 38.4 Å². The average molecular weight is 509 g/mol. The summed E-state index contributed by atoms with van der Waals surface area (Å²) in [6.07, 6.45) is 3.87. The summed E-state index contributed by atoms with van der Waals surface area (Å²) in [5.74, 6) is 0.574. The fourth-order valence-electron chi connectivity index (χ4n) is 4.40. The summed E-state index contributed by atoms with van der Waals surface area (Å²) in [6, 6.07) is 6.64. The van der Waals surface area contributed by atoms with Gasteiger partial charge in [0.05, 0.1) is 17.3 Å². The van der Waals surface area contributed by atoms with Gasteiger partial charge in [0.1, 0.15) is 23.5 Å². The van der Waals surface area contributed by atoms with Gasteiger partial charge >= 0.3 is 6.09 Å². The summed E-state index contributed by atoms with van der Waals surface area (Å²) < 4.78 is 5.31. The summed E-state index contributed by atoms with van der Waals surface area (Å²) in [5, 5.41) is 6.71. The van der Waals surface area contributed by atoms with Crippen molar-refractivity contribution < 1.29 is 19.1 Å². The van der Waals surface area contributed by atoms with Crippen LogP contribution in [-0.2, 0) is 9.59 Å². The van der Waals surface area contributed by atoms with Crippen LogP contribution in [0.5, 0.6) is 5.75 Å². The first-order valence-electron chi connectivity index (χ1n) is 12.0. The van der Waals surface area contributed by atoms with Gasteiger partial charge in [-0.05, 0) is 37.5 Å². The first-order chi connectivity index (χ1) is 17.7. The zero-order chi connectivity index (χ0) is 26.6. The number of carbonyl (C=O) groups excluding carboxylic acids is 3. The average Bonchev–Trinajstić information content (AvgIpc) is 3.28. The molecule has 5 N–H and O–H groups in total. The molecule has 0 bridgehead atoms. The van der Waals surface area contributed by atoms with Crippen LogP contribution in [0, 0.1) is 12.3 Å². The number of ether oxygens (including phenoxy) is 1. The highest BCUT2D eigenvalue weighted by atomic mass is 16.6. The lowest BCUT2D eigenvalue weighted by molar-refractivity contribution is -0.127. The maximum atomic E-state index is 13.6. The lowest BCUT2D eigenvalue weighted by atomic mass is 9.77. The van der Waals surface area contributed by atoms with E-state index in [1.165, 1.54) is 11.2 Å². The molecule has 0 unspecified atom stereocenters. The molecule has 0 radical (unpaired) electrons. The molecule has 2 aromatic heterocycles. The van der Waals surface area contributed by atoms with Crippen LogP contribution in [0.15, 0.2) is 36.8 Å². The topological polar surface area (TPSA) is 159 Å². The van der Waals surface area contributed by atoms with Crippen molar-refractivity contribution in [2.24, 2.45) is 11.1 Å². The number of benzene rings is 1. The van der Waals surface area contributed by atoms with Crippen LogP contribution in [0.1, 0.15) is 18.4 Å². The number of amides is 3. The maximum Gasteiger partial charge on any atom is 0.414 e. The Kier molecular flexibility index (Phi) is 7.58. The number of nitrogens with zero attached hydrogens (tertiary/aromatic N) is 4. The van der Waals surface area contributed by atoms with Gasteiger partial charge in [0.25, 0.3) is 0 Å². The quantitative estimate of drug-likeness (QED) is 0.375. The van der Waals surface area contributed by atoms with E-state index in [9.17, 15) is 14.4 Å². The molecule has 1 aromatic carbocycles. The number of aromatic amines is 1. The minimum atomic E-state index is -0.864. The first kappa shape index (κ1) is 25.9. The number of rotatable bonds is 7. The number of anilines is 2. The summed E-state index contributed by atoms with van der Waals surface area (Å²) in [4.78, 5) is 53.0. The lowest BCUT2D eigenvalue weighted by Crippen LogP contribution is -2.53. The Morgan fingerprint density at radius 2 is 1.97 bits per heavy atom. The second kappa shape index (κ2) is 10.8. The lowest BCUT2D eigenvalue weighted by Gasteiger charge is -2.41. The predicted molar refractivity (Wildman–Crippen MR) is 139 cm³/mol. The van der Waals surface area contributed by atoms with Crippen LogP contribution in [0.3, 0.4) is 0 Å². The number of fused-ring (bicyclic) bond motifs is 1. The van der Waals surface area contributed by atoms with Gasteiger partial charge < -0.3 is 35.9 Å². The van der Waals surface area contributed by atoms with Crippen LogP contribution in [-0.4, -0.2) is 78.0 Å². The van der Waals surface area contributed by atoms with Gasteiger partial charge in [-0.3, -0.25) is 9.59 Å². The van der Waals surface area contributed by atoms with Gasteiger partial charge in [-0.1, -0.05) is 6.07 Å². The molecule has 0 aliphatic carbocycles. The molecule has 1 fully saturated rings. The minimum absolute atomic E-state index is 0.153. The number of carbonyl (C=O) groups is 3. The zero-order valence-corrected chi connectivity index (χ0v) is 21.2. The number of aryl methyl sites for hydroxylation is 1. The van der Waals surface area contributed by atoms with Crippen LogP contribution in [0.2, 0.25) is 0 Å². The molecule has 37 heavy (non-hydrogen) atoms. The molecule has 1 aliphatic heterocycles. The van der Waals surface area contributed by atoms with Crippen molar-refractivity contribution in [3.8, 4) is 5.75 Å². The molecule has 3 aromatic rings. The van der Waals surface area contributed by atoms with E-state index in [1.807, 2.05) is 13.1 Å². The minimum Gasteiger partial charge on any atom is -0.410 e. The van der Waals surface area contributed by atoms with E-state index in [2.05, 4.69) is 30.5 Å². The Morgan fingerprint density at radius 1 is 1.22 bits per heavy atom. The largest absolute Gasteiger partial charge is 0.414 e. The monoisotopic (exact) mass is 508 g/mol. The molecule has 1 saturated heterocycles. The zero-order valence-electron chi connectivity index (χ0n) is 21.2. The summed E-state index contributed by atoms with van der Waals surface area (Å²) in [6.45, 7) is 3.11. The highest BCUT2D eigenvalue weighted by Gasteiger charge is 2.42. The molecule has 3 heterocycles. The second-order valence-electron chi connectivity index (χ2n) is 9.39. The smallest absolute Gasteiger partial charge is 0.410 e. The standard InChI is InChI=1S/C25H32N8O4/c1-16-13-27-21-20(16)22(30-15-29-21)33-9-7-25(8-10-33,14-28-19(34)12-26)23(35)31-17-5-4-6-18(11-17)37-24(36)32(2)3/h4-6,11,13,15H,7-10,12,14,26H2,1-3H3,(H,28,34)(H,31,35)(H,27,29,30). The summed E-state index contributed by atoms with van der Waals surface area (Å²) >= 11 is 0. The Bertz CT molecular complexity index is 1300. The molecular weight excluding hydrogens is 476 g/mol. The number of aromatic nitrogens is 3. The van der Waals surface area contributed by atoms with Crippen molar-refractivity contribution in [3.63, 3.8) is 0 Å². The fourth-order valence-corrected chi connectivity index (χ4v) is 4.40.